The number of nitrogens with zero attached hydrogens (tertiary/aromatic N) is 2. The maximum absolute atomic E-state index is 12.1. The maximum Gasteiger partial charge on any atom is 0.266 e. The molecule has 0 saturated heterocycles. The second-order valence-electron chi connectivity index (χ2n) is 4.93. The lowest BCUT2D eigenvalue weighted by Gasteiger charge is -2.13. The Hall–Kier alpha value is -1.47. The highest BCUT2D eigenvalue weighted by molar-refractivity contribution is 9.10. The predicted octanol–water partition coefficient (Wildman–Crippen LogP) is 3.58. The average Bonchev–Trinajstić information content (AvgIpc) is 3.19. The molecule has 1 atom stereocenters. The van der Waals surface area contributed by atoms with Crippen molar-refractivity contribution in [2.45, 2.75) is 31.8 Å². The van der Waals surface area contributed by atoms with Crippen molar-refractivity contribution in [2.75, 3.05) is 5.32 Å². The Morgan fingerprint density at radius 1 is 1.48 bits per heavy atom. The molecule has 7 heteroatoms. The van der Waals surface area contributed by atoms with Gasteiger partial charge in [0.2, 0.25) is 5.13 Å². The van der Waals surface area contributed by atoms with Gasteiger partial charge in [0.15, 0.2) is 6.10 Å². The lowest BCUT2D eigenvalue weighted by molar-refractivity contribution is -0.122. The summed E-state index contributed by atoms with van der Waals surface area (Å²) in [7, 11) is 0. The van der Waals surface area contributed by atoms with E-state index in [-0.39, 0.29) is 5.91 Å². The third kappa shape index (κ3) is 3.79. The van der Waals surface area contributed by atoms with Crippen LogP contribution in [0.3, 0.4) is 0 Å². The van der Waals surface area contributed by atoms with E-state index < -0.39 is 6.10 Å². The lowest BCUT2D eigenvalue weighted by Crippen LogP contribution is -2.30. The molecule has 2 aromatic rings. The number of carbonyl (C=O) groups is 1. The number of amides is 1. The van der Waals surface area contributed by atoms with Crippen LogP contribution in [0.25, 0.3) is 0 Å². The first-order valence-electron chi connectivity index (χ1n) is 6.68. The summed E-state index contributed by atoms with van der Waals surface area (Å²) in [5, 5.41) is 12.4. The number of anilines is 1. The molecule has 1 aromatic heterocycles. The highest BCUT2D eigenvalue weighted by atomic mass is 79.9. The molecule has 3 rings (SSSR count). The summed E-state index contributed by atoms with van der Waals surface area (Å²) in [6.45, 7) is 1.71. The van der Waals surface area contributed by atoms with Crippen LogP contribution in [-0.4, -0.2) is 22.2 Å². The Morgan fingerprint density at radius 3 is 3.00 bits per heavy atom. The third-order valence-corrected chi connectivity index (χ3v) is 4.57. The number of rotatable bonds is 5. The van der Waals surface area contributed by atoms with Crippen LogP contribution in [0.15, 0.2) is 28.7 Å². The topological polar surface area (TPSA) is 64.1 Å². The molecule has 5 nitrogen and oxygen atoms in total. The summed E-state index contributed by atoms with van der Waals surface area (Å²) in [5.41, 5.74) is 0. The number of benzene rings is 1. The first-order valence-corrected chi connectivity index (χ1v) is 8.29. The van der Waals surface area contributed by atoms with E-state index in [1.807, 2.05) is 24.3 Å². The highest BCUT2D eigenvalue weighted by Crippen LogP contribution is 2.42. The van der Waals surface area contributed by atoms with Crippen LogP contribution in [0, 0.1) is 0 Å². The van der Waals surface area contributed by atoms with Gasteiger partial charge in [-0.05, 0) is 38.0 Å². The molecule has 1 N–H and O–H groups in total. The minimum Gasteiger partial charge on any atom is -0.481 e. The van der Waals surface area contributed by atoms with Crippen molar-refractivity contribution in [3.8, 4) is 5.75 Å². The van der Waals surface area contributed by atoms with E-state index in [1.54, 1.807) is 6.92 Å². The van der Waals surface area contributed by atoms with Crippen LogP contribution >= 0.6 is 27.3 Å². The van der Waals surface area contributed by atoms with E-state index >= 15 is 0 Å². The number of hydrogen-bond donors (Lipinski definition) is 1. The zero-order valence-electron chi connectivity index (χ0n) is 11.4. The predicted molar refractivity (Wildman–Crippen MR) is 84.7 cm³/mol. The van der Waals surface area contributed by atoms with Crippen LogP contribution in [0.4, 0.5) is 5.13 Å². The molecule has 21 heavy (non-hydrogen) atoms. The van der Waals surface area contributed by atoms with E-state index in [4.69, 9.17) is 4.74 Å². The monoisotopic (exact) mass is 367 g/mol. The zero-order valence-corrected chi connectivity index (χ0v) is 13.8. The van der Waals surface area contributed by atoms with E-state index in [0.29, 0.717) is 16.8 Å². The fourth-order valence-corrected chi connectivity index (χ4v) is 3.08. The van der Waals surface area contributed by atoms with Crippen LogP contribution in [0.1, 0.15) is 30.7 Å². The standard InChI is InChI=1S/C14H14BrN3O2S/c1-8(20-11-4-2-3-10(15)7-11)12(19)16-14-18-17-13(21-14)9-5-6-9/h2-4,7-9H,5-6H2,1H3,(H,16,18,19)/t8-/m1/s1. The van der Waals surface area contributed by atoms with Gasteiger partial charge >= 0.3 is 0 Å². The number of ether oxygens (including phenoxy) is 1. The first-order chi connectivity index (χ1) is 10.1. The second-order valence-corrected chi connectivity index (χ2v) is 6.85. The van der Waals surface area contributed by atoms with Gasteiger partial charge in [0, 0.05) is 10.4 Å². The largest absolute Gasteiger partial charge is 0.481 e. The summed E-state index contributed by atoms with van der Waals surface area (Å²) < 4.78 is 6.52. The van der Waals surface area contributed by atoms with Gasteiger partial charge in [-0.1, -0.05) is 33.3 Å². The average molecular weight is 368 g/mol. The van der Waals surface area contributed by atoms with Gasteiger partial charge in [-0.15, -0.1) is 10.2 Å². The molecule has 0 aliphatic heterocycles. The van der Waals surface area contributed by atoms with Gasteiger partial charge in [0.1, 0.15) is 10.8 Å². The fraction of sp³-hybridized carbons (Fsp3) is 0.357. The summed E-state index contributed by atoms with van der Waals surface area (Å²) in [5.74, 6) is 0.958. The van der Waals surface area contributed by atoms with Crippen LogP contribution < -0.4 is 10.1 Å². The molecule has 1 amide bonds. The van der Waals surface area contributed by atoms with Gasteiger partial charge in [-0.25, -0.2) is 0 Å². The van der Waals surface area contributed by atoms with E-state index in [9.17, 15) is 4.79 Å². The van der Waals surface area contributed by atoms with Gasteiger partial charge in [-0.2, -0.15) is 0 Å². The molecular weight excluding hydrogens is 354 g/mol. The maximum atomic E-state index is 12.1. The number of hydrogen-bond acceptors (Lipinski definition) is 5. The Balaban J connectivity index is 1.58. The van der Waals surface area contributed by atoms with Crippen molar-refractivity contribution < 1.29 is 9.53 Å². The summed E-state index contributed by atoms with van der Waals surface area (Å²) >= 11 is 4.81. The van der Waals surface area contributed by atoms with Crippen LogP contribution in [-0.2, 0) is 4.79 Å². The van der Waals surface area contributed by atoms with Crippen LogP contribution in [0.5, 0.6) is 5.75 Å². The zero-order chi connectivity index (χ0) is 14.8. The fourth-order valence-electron chi connectivity index (χ4n) is 1.79. The second kappa shape index (κ2) is 6.11. The number of nitrogens with one attached hydrogen (secondary N) is 1. The SMILES string of the molecule is C[C@@H](Oc1cccc(Br)c1)C(=O)Nc1nnc(C2CC2)s1. The molecular formula is C14H14BrN3O2S. The van der Waals surface area contributed by atoms with E-state index in [0.717, 1.165) is 9.48 Å². The number of halogens is 1. The Bertz CT molecular complexity index is 657. The molecule has 0 radical (unpaired) electrons. The van der Waals surface area contributed by atoms with E-state index in [2.05, 4.69) is 31.4 Å². The molecule has 1 aliphatic carbocycles. The molecule has 0 unspecified atom stereocenters. The van der Waals surface area contributed by atoms with Gasteiger partial charge in [0.25, 0.3) is 5.91 Å². The minimum absolute atomic E-state index is 0.228. The van der Waals surface area contributed by atoms with Crippen molar-refractivity contribution in [1.29, 1.82) is 0 Å². The van der Waals surface area contributed by atoms with Crippen molar-refractivity contribution in [3.63, 3.8) is 0 Å². The van der Waals surface area contributed by atoms with Gasteiger partial charge < -0.3 is 4.74 Å². The number of aromatic nitrogens is 2. The normalized spacial score (nSPS) is 15.5. The molecule has 1 aliphatic rings. The van der Waals surface area contributed by atoms with Crippen LogP contribution in [0.2, 0.25) is 0 Å². The summed E-state index contributed by atoms with van der Waals surface area (Å²) in [6, 6.07) is 7.39. The molecule has 110 valence electrons. The molecule has 1 fully saturated rings. The quantitative estimate of drug-likeness (QED) is 0.876. The molecule has 1 saturated carbocycles. The van der Waals surface area contributed by atoms with E-state index in [1.165, 1.54) is 24.2 Å². The summed E-state index contributed by atoms with van der Waals surface area (Å²) in [6.07, 6.45) is 1.74. The van der Waals surface area contributed by atoms with Crippen molar-refractivity contribution in [1.82, 2.24) is 10.2 Å². The first kappa shape index (κ1) is 14.5. The molecule has 1 heterocycles. The lowest BCUT2D eigenvalue weighted by atomic mass is 10.3. The van der Waals surface area contributed by atoms with Crippen molar-refractivity contribution in [2.24, 2.45) is 0 Å². The highest BCUT2D eigenvalue weighted by Gasteiger charge is 2.28. The Morgan fingerprint density at radius 2 is 2.29 bits per heavy atom. The van der Waals surface area contributed by atoms with Crippen molar-refractivity contribution in [3.05, 3.63) is 33.7 Å². The Labute approximate surface area is 134 Å². The van der Waals surface area contributed by atoms with Crippen molar-refractivity contribution >= 4 is 38.3 Å². The molecule has 0 bridgehead atoms. The number of carbonyl (C=O) groups excluding carboxylic acids is 1. The van der Waals surface area contributed by atoms with Gasteiger partial charge in [0.05, 0.1) is 0 Å². The summed E-state index contributed by atoms with van der Waals surface area (Å²) in [4.78, 5) is 12.1. The smallest absolute Gasteiger partial charge is 0.266 e. The van der Waals surface area contributed by atoms with Gasteiger partial charge in [-0.3, -0.25) is 10.1 Å². The Kier molecular flexibility index (Phi) is 4.21. The molecule has 0 spiro atoms. The third-order valence-electron chi connectivity index (χ3n) is 3.08. The molecule has 1 aromatic carbocycles. The minimum atomic E-state index is -0.604.